The van der Waals surface area contributed by atoms with Crippen molar-refractivity contribution >= 4 is 39.2 Å². The number of esters is 1. The van der Waals surface area contributed by atoms with Gasteiger partial charge in [0.05, 0.1) is 22.8 Å². The molecule has 0 aromatic heterocycles. The third-order valence-corrected chi connectivity index (χ3v) is 6.89. The molecule has 7 nitrogen and oxygen atoms in total. The van der Waals surface area contributed by atoms with Gasteiger partial charge in [-0.15, -0.1) is 0 Å². The molecule has 0 unspecified atom stereocenters. The van der Waals surface area contributed by atoms with Crippen molar-refractivity contribution in [2.45, 2.75) is 24.5 Å². The Kier molecular flexibility index (Phi) is 7.17. The molecule has 3 rings (SSSR count). The molecule has 0 aliphatic carbocycles. The van der Waals surface area contributed by atoms with E-state index in [9.17, 15) is 18.0 Å². The summed E-state index contributed by atoms with van der Waals surface area (Å²) in [4.78, 5) is 23.3. The molecular formula is C23H21ClN2O5S. The summed E-state index contributed by atoms with van der Waals surface area (Å²) in [6.45, 7) is 1.38. The molecule has 0 saturated carbocycles. The minimum atomic E-state index is -4.18. The van der Waals surface area contributed by atoms with Gasteiger partial charge in [0.1, 0.15) is 4.90 Å². The van der Waals surface area contributed by atoms with Gasteiger partial charge >= 0.3 is 5.97 Å². The standard InChI is InChI=1S/C23H21ClN2O5S/c1-16(22(25)27)31-23(28)18-12-13-20(24)21(14-18)32(29,30)26(19-10-6-3-7-11-19)15-17-8-4-2-5-9-17/h2-14,16H,15H2,1H3,(H2,25,27)/t16-/m0/s1. The number of carbonyl (C=O) groups excluding carboxylic acids is 2. The Morgan fingerprint density at radius 3 is 2.19 bits per heavy atom. The van der Waals surface area contributed by atoms with Crippen LogP contribution in [0, 0.1) is 0 Å². The maximum atomic E-state index is 13.7. The highest BCUT2D eigenvalue weighted by Gasteiger charge is 2.29. The second-order valence-electron chi connectivity index (χ2n) is 6.93. The molecule has 3 aromatic carbocycles. The molecule has 0 saturated heterocycles. The SMILES string of the molecule is C[C@H](OC(=O)c1ccc(Cl)c(S(=O)(=O)N(Cc2ccccc2)c2ccccc2)c1)C(N)=O. The van der Waals surface area contributed by atoms with Gasteiger partial charge in [-0.1, -0.05) is 60.1 Å². The van der Waals surface area contributed by atoms with Crippen LogP contribution in [0.4, 0.5) is 5.69 Å². The van der Waals surface area contributed by atoms with E-state index in [0.717, 1.165) is 11.6 Å². The molecule has 0 spiro atoms. The van der Waals surface area contributed by atoms with Crippen molar-refractivity contribution in [2.75, 3.05) is 4.31 Å². The van der Waals surface area contributed by atoms with E-state index in [1.165, 1.54) is 23.4 Å². The maximum Gasteiger partial charge on any atom is 0.338 e. The number of halogens is 1. The zero-order valence-corrected chi connectivity index (χ0v) is 18.7. The van der Waals surface area contributed by atoms with Crippen molar-refractivity contribution in [1.82, 2.24) is 0 Å². The zero-order valence-electron chi connectivity index (χ0n) is 17.1. The summed E-state index contributed by atoms with van der Waals surface area (Å²) in [5.74, 6) is -1.71. The van der Waals surface area contributed by atoms with E-state index in [2.05, 4.69) is 0 Å². The van der Waals surface area contributed by atoms with Crippen molar-refractivity contribution in [3.05, 3.63) is 95.0 Å². The monoisotopic (exact) mass is 472 g/mol. The van der Waals surface area contributed by atoms with E-state index in [1.54, 1.807) is 30.3 Å². The van der Waals surface area contributed by atoms with Gasteiger partial charge in [-0.3, -0.25) is 9.10 Å². The lowest BCUT2D eigenvalue weighted by Gasteiger charge is -2.25. The van der Waals surface area contributed by atoms with Gasteiger partial charge in [-0.2, -0.15) is 0 Å². The topological polar surface area (TPSA) is 107 Å². The summed E-state index contributed by atoms with van der Waals surface area (Å²) in [5.41, 5.74) is 6.25. The quantitative estimate of drug-likeness (QED) is 0.502. The number of nitrogens with zero attached hydrogens (tertiary/aromatic N) is 1. The van der Waals surface area contributed by atoms with Gasteiger partial charge in [0.2, 0.25) is 0 Å². The summed E-state index contributed by atoms with van der Waals surface area (Å²) in [6, 6.07) is 21.4. The first-order valence-corrected chi connectivity index (χ1v) is 11.4. The number of nitrogens with two attached hydrogens (primary N) is 1. The third-order valence-electron chi connectivity index (χ3n) is 4.63. The van der Waals surface area contributed by atoms with Crippen LogP contribution in [0.1, 0.15) is 22.8 Å². The molecule has 0 aliphatic heterocycles. The number of hydrogen-bond acceptors (Lipinski definition) is 5. The molecule has 32 heavy (non-hydrogen) atoms. The second kappa shape index (κ2) is 9.84. The molecule has 0 fully saturated rings. The van der Waals surface area contributed by atoms with Crippen LogP contribution in [0.5, 0.6) is 0 Å². The maximum absolute atomic E-state index is 13.7. The molecule has 0 radical (unpaired) electrons. The van der Waals surface area contributed by atoms with Gasteiger partial charge < -0.3 is 10.5 Å². The van der Waals surface area contributed by atoms with Crippen LogP contribution in [0.2, 0.25) is 5.02 Å². The molecule has 0 heterocycles. The number of carbonyl (C=O) groups is 2. The highest BCUT2D eigenvalue weighted by molar-refractivity contribution is 7.93. The first-order chi connectivity index (χ1) is 15.2. The average Bonchev–Trinajstić information content (AvgIpc) is 2.78. The fourth-order valence-electron chi connectivity index (χ4n) is 2.89. The van der Waals surface area contributed by atoms with E-state index in [1.807, 2.05) is 30.3 Å². The summed E-state index contributed by atoms with van der Waals surface area (Å²) < 4.78 is 33.6. The van der Waals surface area contributed by atoms with Crippen molar-refractivity contribution in [3.63, 3.8) is 0 Å². The van der Waals surface area contributed by atoms with E-state index in [-0.39, 0.29) is 22.0 Å². The van der Waals surface area contributed by atoms with Gasteiger partial charge in [0, 0.05) is 0 Å². The van der Waals surface area contributed by atoms with Crippen molar-refractivity contribution < 1.29 is 22.7 Å². The zero-order chi connectivity index (χ0) is 23.3. The largest absolute Gasteiger partial charge is 0.449 e. The predicted molar refractivity (Wildman–Crippen MR) is 122 cm³/mol. The van der Waals surface area contributed by atoms with Crippen LogP contribution in [-0.4, -0.2) is 26.4 Å². The number of para-hydroxylation sites is 1. The third kappa shape index (κ3) is 5.27. The molecular weight excluding hydrogens is 452 g/mol. The Morgan fingerprint density at radius 2 is 1.59 bits per heavy atom. The molecule has 9 heteroatoms. The molecule has 1 amide bonds. The highest BCUT2D eigenvalue weighted by Crippen LogP contribution is 2.31. The van der Waals surface area contributed by atoms with E-state index in [0.29, 0.717) is 5.69 Å². The van der Waals surface area contributed by atoms with Gasteiger partial charge in [0.25, 0.3) is 15.9 Å². The molecule has 0 bridgehead atoms. The lowest BCUT2D eigenvalue weighted by Crippen LogP contribution is -2.31. The molecule has 1 atom stereocenters. The van der Waals surface area contributed by atoms with Gasteiger partial charge in [0.15, 0.2) is 6.10 Å². The first-order valence-electron chi connectivity index (χ1n) is 9.61. The number of ether oxygens (including phenoxy) is 1. The summed E-state index contributed by atoms with van der Waals surface area (Å²) in [7, 11) is -4.18. The van der Waals surface area contributed by atoms with Crippen molar-refractivity contribution in [2.24, 2.45) is 5.73 Å². The number of anilines is 1. The van der Waals surface area contributed by atoms with Gasteiger partial charge in [-0.25, -0.2) is 13.2 Å². The fraction of sp³-hybridized carbons (Fsp3) is 0.130. The number of rotatable bonds is 8. The summed E-state index contributed by atoms with van der Waals surface area (Å²) in [5, 5.41) is -0.0570. The van der Waals surface area contributed by atoms with Crippen LogP contribution in [0.15, 0.2) is 83.8 Å². The first kappa shape index (κ1) is 23.3. The fourth-order valence-corrected chi connectivity index (χ4v) is 4.85. The van der Waals surface area contributed by atoms with Crippen LogP contribution in [-0.2, 0) is 26.1 Å². The number of benzene rings is 3. The normalized spacial score (nSPS) is 12.1. The minimum absolute atomic E-state index is 0.0525. The van der Waals surface area contributed by atoms with E-state index >= 15 is 0 Å². The second-order valence-corrected chi connectivity index (χ2v) is 9.17. The van der Waals surface area contributed by atoms with Crippen LogP contribution in [0.3, 0.4) is 0 Å². The smallest absolute Gasteiger partial charge is 0.338 e. The van der Waals surface area contributed by atoms with Crippen molar-refractivity contribution in [3.8, 4) is 0 Å². The van der Waals surface area contributed by atoms with E-state index < -0.39 is 28.0 Å². The predicted octanol–water partition coefficient (Wildman–Crippen LogP) is 3.77. The number of primary amides is 1. The Balaban J connectivity index is 2.04. The van der Waals surface area contributed by atoms with Crippen LogP contribution in [0.25, 0.3) is 0 Å². The molecule has 166 valence electrons. The Labute approximate surface area is 191 Å². The summed E-state index contributed by atoms with van der Waals surface area (Å²) >= 11 is 6.24. The average molecular weight is 473 g/mol. The highest BCUT2D eigenvalue weighted by atomic mass is 35.5. The minimum Gasteiger partial charge on any atom is -0.449 e. The van der Waals surface area contributed by atoms with Crippen LogP contribution < -0.4 is 10.0 Å². The number of amides is 1. The van der Waals surface area contributed by atoms with E-state index in [4.69, 9.17) is 22.1 Å². The lowest BCUT2D eigenvalue weighted by atomic mass is 10.2. The Bertz CT molecular complexity index is 1220. The van der Waals surface area contributed by atoms with Gasteiger partial charge in [-0.05, 0) is 42.8 Å². The lowest BCUT2D eigenvalue weighted by molar-refractivity contribution is -0.125. The Hall–Kier alpha value is -3.36. The molecule has 2 N–H and O–H groups in total. The van der Waals surface area contributed by atoms with Crippen molar-refractivity contribution in [1.29, 1.82) is 0 Å². The summed E-state index contributed by atoms with van der Waals surface area (Å²) in [6.07, 6.45) is -1.17. The number of sulfonamides is 1. The molecule has 0 aliphatic rings. The van der Waals surface area contributed by atoms with Crippen LogP contribution >= 0.6 is 11.6 Å². The Morgan fingerprint density at radius 1 is 1.00 bits per heavy atom. The molecule has 3 aromatic rings. The number of hydrogen-bond donors (Lipinski definition) is 1.